The molecule has 2 rings (SSSR count). The number of aromatic nitrogens is 2. The number of benzene rings is 1. The lowest BCUT2D eigenvalue weighted by atomic mass is 10.1. The molecule has 1 unspecified atom stereocenters. The maximum atomic E-state index is 12.3. The van der Waals surface area contributed by atoms with E-state index in [1.807, 2.05) is 0 Å². The van der Waals surface area contributed by atoms with Crippen molar-refractivity contribution in [2.45, 2.75) is 20.0 Å². The highest BCUT2D eigenvalue weighted by atomic mass is 16.5. The third-order valence-electron chi connectivity index (χ3n) is 2.96. The number of carbonyl (C=O) groups excluding carboxylic acids is 3. The first-order valence-corrected chi connectivity index (χ1v) is 6.87. The van der Waals surface area contributed by atoms with Gasteiger partial charge in [-0.05, 0) is 37.3 Å². The molecule has 7 heteroatoms. The predicted molar refractivity (Wildman–Crippen MR) is 82.0 cm³/mol. The molecule has 0 radical (unpaired) electrons. The van der Waals surface area contributed by atoms with Crippen molar-refractivity contribution in [1.29, 1.82) is 0 Å². The second-order valence-electron chi connectivity index (χ2n) is 4.80. The Balaban J connectivity index is 2.02. The average molecular weight is 313 g/mol. The number of ketones is 1. The van der Waals surface area contributed by atoms with E-state index >= 15 is 0 Å². The normalized spacial score (nSPS) is 11.4. The maximum absolute atomic E-state index is 12.3. The van der Waals surface area contributed by atoms with Crippen molar-refractivity contribution in [3.8, 4) is 0 Å². The number of rotatable bonds is 5. The van der Waals surface area contributed by atoms with Crippen LogP contribution < -0.4 is 5.32 Å². The summed E-state index contributed by atoms with van der Waals surface area (Å²) in [5, 5.41) is 9.75. The van der Waals surface area contributed by atoms with Gasteiger partial charge in [-0.25, -0.2) is 4.79 Å². The first-order valence-electron chi connectivity index (χ1n) is 6.87. The van der Waals surface area contributed by atoms with Crippen LogP contribution in [0.1, 0.15) is 34.6 Å². The molecule has 0 aliphatic heterocycles. The summed E-state index contributed by atoms with van der Waals surface area (Å²) in [5.74, 6) is -1.18. The quantitative estimate of drug-likeness (QED) is 0.668. The molecule has 0 aliphatic carbocycles. The molecule has 1 atom stereocenters. The van der Waals surface area contributed by atoms with Crippen molar-refractivity contribution in [2.24, 2.45) is 0 Å². The summed E-state index contributed by atoms with van der Waals surface area (Å²) in [5.41, 5.74) is 1.19. The maximum Gasteiger partial charge on any atom is 0.340 e. The van der Waals surface area contributed by atoms with Gasteiger partial charge < -0.3 is 10.1 Å². The summed E-state index contributed by atoms with van der Waals surface area (Å²) in [6.45, 7) is 2.89. The van der Waals surface area contributed by atoms with Crippen LogP contribution in [0.2, 0.25) is 0 Å². The zero-order valence-corrected chi connectivity index (χ0v) is 12.6. The fraction of sp³-hybridized carbons (Fsp3) is 0.188. The second kappa shape index (κ2) is 7.26. The van der Waals surface area contributed by atoms with Crippen LogP contribution in [0.4, 0.5) is 5.69 Å². The highest BCUT2D eigenvalue weighted by Gasteiger charge is 2.20. The molecule has 0 saturated carbocycles. The van der Waals surface area contributed by atoms with E-state index in [9.17, 15) is 14.4 Å². The Hall–Kier alpha value is -3.09. The second-order valence-corrected chi connectivity index (χ2v) is 4.80. The van der Waals surface area contributed by atoms with Gasteiger partial charge in [0, 0.05) is 18.2 Å². The van der Waals surface area contributed by atoms with Crippen molar-refractivity contribution in [2.75, 3.05) is 5.32 Å². The Bertz CT molecular complexity index is 714. The van der Waals surface area contributed by atoms with Crippen LogP contribution in [0, 0.1) is 0 Å². The van der Waals surface area contributed by atoms with Crippen molar-refractivity contribution < 1.29 is 19.1 Å². The molecule has 1 aromatic carbocycles. The number of hydrogen-bond acceptors (Lipinski definition) is 6. The van der Waals surface area contributed by atoms with Crippen LogP contribution in [-0.2, 0) is 9.53 Å². The number of nitrogens with one attached hydrogen (secondary N) is 1. The minimum Gasteiger partial charge on any atom is -0.451 e. The van der Waals surface area contributed by atoms with Gasteiger partial charge in [-0.1, -0.05) is 0 Å². The molecule has 7 nitrogen and oxygen atoms in total. The molecule has 1 N–H and O–H groups in total. The van der Waals surface area contributed by atoms with Crippen LogP contribution >= 0.6 is 0 Å². The minimum atomic E-state index is -0.942. The van der Waals surface area contributed by atoms with Crippen LogP contribution in [0.5, 0.6) is 0 Å². The molecule has 2 aromatic rings. The molecule has 0 aliphatic rings. The van der Waals surface area contributed by atoms with Gasteiger partial charge in [-0.3, -0.25) is 9.59 Å². The number of ether oxygens (including phenoxy) is 1. The monoisotopic (exact) mass is 313 g/mol. The Labute approximate surface area is 132 Å². The molecule has 0 spiro atoms. The van der Waals surface area contributed by atoms with Crippen LogP contribution in [0.15, 0.2) is 42.7 Å². The van der Waals surface area contributed by atoms with E-state index in [1.165, 1.54) is 32.3 Å². The van der Waals surface area contributed by atoms with E-state index in [-0.39, 0.29) is 17.3 Å². The van der Waals surface area contributed by atoms with E-state index in [0.29, 0.717) is 11.3 Å². The van der Waals surface area contributed by atoms with Gasteiger partial charge in [-0.2, -0.15) is 10.2 Å². The fourth-order valence-corrected chi connectivity index (χ4v) is 1.85. The summed E-state index contributed by atoms with van der Waals surface area (Å²) >= 11 is 0. The molecule has 1 heterocycles. The lowest BCUT2D eigenvalue weighted by Crippen LogP contribution is -2.24. The summed E-state index contributed by atoms with van der Waals surface area (Å²) in [6.07, 6.45) is 1.69. The van der Waals surface area contributed by atoms with Gasteiger partial charge in [0.15, 0.2) is 6.10 Å². The fourth-order valence-electron chi connectivity index (χ4n) is 1.85. The summed E-state index contributed by atoms with van der Waals surface area (Å²) < 4.78 is 5.12. The van der Waals surface area contributed by atoms with E-state index in [4.69, 9.17) is 4.74 Å². The molecule has 1 amide bonds. The number of anilines is 1. The number of carbonyl (C=O) groups is 3. The Morgan fingerprint density at radius 1 is 1.04 bits per heavy atom. The average Bonchev–Trinajstić information content (AvgIpc) is 2.55. The largest absolute Gasteiger partial charge is 0.451 e. The molecule has 0 fully saturated rings. The van der Waals surface area contributed by atoms with Crippen molar-refractivity contribution in [3.63, 3.8) is 0 Å². The highest BCUT2D eigenvalue weighted by molar-refractivity contribution is 6.01. The van der Waals surface area contributed by atoms with Gasteiger partial charge in [-0.15, -0.1) is 0 Å². The lowest BCUT2D eigenvalue weighted by molar-refractivity contribution is -0.114. The van der Waals surface area contributed by atoms with E-state index in [2.05, 4.69) is 15.5 Å². The summed E-state index contributed by atoms with van der Waals surface area (Å²) in [7, 11) is 0. The first-order chi connectivity index (χ1) is 11.0. The van der Waals surface area contributed by atoms with Crippen molar-refractivity contribution in [3.05, 3.63) is 53.9 Å². The molecule has 0 bridgehead atoms. The van der Waals surface area contributed by atoms with Gasteiger partial charge in [0.05, 0.1) is 18.0 Å². The Morgan fingerprint density at radius 3 is 2.30 bits per heavy atom. The topological polar surface area (TPSA) is 98.2 Å². The van der Waals surface area contributed by atoms with Crippen LogP contribution in [-0.4, -0.2) is 34.0 Å². The molecule has 118 valence electrons. The molecular formula is C16H15N3O4. The summed E-state index contributed by atoms with van der Waals surface area (Å²) in [4.78, 5) is 35.1. The predicted octanol–water partition coefficient (Wildman–Crippen LogP) is 1.86. The number of esters is 1. The Morgan fingerprint density at radius 2 is 1.74 bits per heavy atom. The zero-order valence-electron chi connectivity index (χ0n) is 12.6. The highest BCUT2D eigenvalue weighted by Crippen LogP contribution is 2.13. The van der Waals surface area contributed by atoms with Gasteiger partial charge in [0.2, 0.25) is 11.7 Å². The minimum absolute atomic E-state index is 0.197. The smallest absolute Gasteiger partial charge is 0.340 e. The molecule has 1 aromatic heterocycles. The van der Waals surface area contributed by atoms with Gasteiger partial charge >= 0.3 is 5.97 Å². The van der Waals surface area contributed by atoms with Crippen molar-refractivity contribution in [1.82, 2.24) is 10.2 Å². The molecule has 23 heavy (non-hydrogen) atoms. The number of nitrogens with zero attached hydrogens (tertiary/aromatic N) is 2. The molecular weight excluding hydrogens is 298 g/mol. The molecule has 0 saturated heterocycles. The van der Waals surface area contributed by atoms with Gasteiger partial charge in [0.25, 0.3) is 0 Å². The van der Waals surface area contributed by atoms with E-state index < -0.39 is 12.1 Å². The SMILES string of the molecule is CC(=O)Nc1ccc(C(=O)C(C)OC(=O)c2ccnnc2)cc1. The van der Waals surface area contributed by atoms with Gasteiger partial charge in [0.1, 0.15) is 0 Å². The van der Waals surface area contributed by atoms with Crippen LogP contribution in [0.3, 0.4) is 0 Å². The summed E-state index contributed by atoms with van der Waals surface area (Å²) in [6, 6.07) is 7.79. The van der Waals surface area contributed by atoms with Crippen molar-refractivity contribution >= 4 is 23.3 Å². The Kier molecular flexibility index (Phi) is 5.14. The van der Waals surface area contributed by atoms with Crippen LogP contribution in [0.25, 0.3) is 0 Å². The number of amides is 1. The number of hydrogen-bond donors (Lipinski definition) is 1. The zero-order chi connectivity index (χ0) is 16.8. The standard InChI is InChI=1S/C16H15N3O4/c1-10(23-16(22)13-7-8-17-18-9-13)15(21)12-3-5-14(6-4-12)19-11(2)20/h3-10H,1-2H3,(H,19,20). The third-order valence-corrected chi connectivity index (χ3v) is 2.96. The lowest BCUT2D eigenvalue weighted by Gasteiger charge is -2.12. The van der Waals surface area contributed by atoms with E-state index in [1.54, 1.807) is 24.3 Å². The van der Waals surface area contributed by atoms with E-state index in [0.717, 1.165) is 0 Å². The number of Topliss-reactive ketones (excluding diaryl/α,β-unsaturated/α-hetero) is 1. The third kappa shape index (κ3) is 4.44. The first kappa shape index (κ1) is 16.3.